The second-order valence-corrected chi connectivity index (χ2v) is 7.87. The van der Waals surface area contributed by atoms with Gasteiger partial charge < -0.3 is 37.2 Å². The van der Waals surface area contributed by atoms with Gasteiger partial charge in [-0.2, -0.15) is 11.1 Å². The van der Waals surface area contributed by atoms with Crippen molar-refractivity contribution in [3.05, 3.63) is 92.6 Å². The van der Waals surface area contributed by atoms with E-state index in [1.54, 1.807) is 0 Å². The minimum atomic E-state index is 0. The monoisotopic (exact) mass is 482 g/mol. The summed E-state index contributed by atoms with van der Waals surface area (Å²) < 4.78 is 0. The van der Waals surface area contributed by atoms with Crippen molar-refractivity contribution in [3.63, 3.8) is 0 Å². The molecule has 0 aliphatic heterocycles. The van der Waals surface area contributed by atoms with Gasteiger partial charge in [-0.25, -0.2) is 5.57 Å². The predicted octanol–water partition coefficient (Wildman–Crippen LogP) is -2.22. The van der Waals surface area contributed by atoms with Crippen molar-refractivity contribution in [2.45, 2.75) is 54.4 Å². The van der Waals surface area contributed by atoms with Gasteiger partial charge in [0.15, 0.2) is 0 Å². The Hall–Kier alpha value is -0.496. The first-order chi connectivity index (χ1) is 11.8. The molecule has 1 unspecified atom stereocenters. The van der Waals surface area contributed by atoms with Gasteiger partial charge in [0.2, 0.25) is 0 Å². The van der Waals surface area contributed by atoms with E-state index in [1.807, 2.05) is 0 Å². The summed E-state index contributed by atoms with van der Waals surface area (Å²) >= 11 is 0. The smallest absolute Gasteiger partial charge is 1.00 e. The van der Waals surface area contributed by atoms with E-state index in [9.17, 15) is 0 Å². The number of benzene rings is 2. The van der Waals surface area contributed by atoms with Crippen molar-refractivity contribution in [1.82, 2.24) is 0 Å². The van der Waals surface area contributed by atoms with Crippen molar-refractivity contribution >= 4 is 0 Å². The van der Waals surface area contributed by atoms with Crippen LogP contribution in [0.1, 0.15) is 60.1 Å². The van der Waals surface area contributed by atoms with Gasteiger partial charge in [0.1, 0.15) is 0 Å². The molecule has 0 bridgehead atoms. The Morgan fingerprint density at radius 1 is 0.621 bits per heavy atom. The molecule has 0 saturated carbocycles. The Morgan fingerprint density at radius 3 is 1.24 bits per heavy atom. The molecular weight excluding hydrogens is 455 g/mol. The molecule has 0 spiro atoms. The first-order valence-electron chi connectivity index (χ1n) is 9.20. The molecule has 2 aromatic carbocycles. The third kappa shape index (κ3) is 6.74. The average molecular weight is 484 g/mol. The maximum atomic E-state index is 3.77. The predicted molar refractivity (Wildman–Crippen MR) is 108 cm³/mol. The summed E-state index contributed by atoms with van der Waals surface area (Å²) in [6.45, 7) is 15.5. The molecule has 0 amide bonds. The number of rotatable bonds is 3. The molecular formula is C25H29Cl3Ti. The van der Waals surface area contributed by atoms with Gasteiger partial charge in [0, 0.05) is 5.92 Å². The maximum Gasteiger partial charge on any atom is 4.00 e. The molecule has 0 nitrogen and oxygen atoms in total. The van der Waals surface area contributed by atoms with Crippen LogP contribution in [0.25, 0.3) is 0 Å². The van der Waals surface area contributed by atoms with E-state index >= 15 is 0 Å². The Labute approximate surface area is 210 Å². The normalized spacial score (nSPS) is 15.0. The number of allylic oxidation sites excluding steroid dienone is 4. The summed E-state index contributed by atoms with van der Waals surface area (Å²) in [5.74, 6) is 0.645. The zero-order chi connectivity index (χ0) is 18.3. The van der Waals surface area contributed by atoms with Crippen LogP contribution < -0.4 is 37.2 Å². The molecule has 1 aliphatic rings. The van der Waals surface area contributed by atoms with E-state index in [2.05, 4.69) is 90.9 Å². The Balaban J connectivity index is 0. The van der Waals surface area contributed by atoms with Crippen LogP contribution in [0.3, 0.4) is 0 Å². The Kier molecular flexibility index (Phi) is 13.1. The first-order valence-corrected chi connectivity index (χ1v) is 9.20. The second kappa shape index (κ2) is 12.4. The van der Waals surface area contributed by atoms with Gasteiger partial charge in [0.05, 0.1) is 0 Å². The van der Waals surface area contributed by atoms with Crippen molar-refractivity contribution in [3.8, 4) is 0 Å². The van der Waals surface area contributed by atoms with Crippen LogP contribution in [0.5, 0.6) is 0 Å². The third-order valence-electron chi connectivity index (χ3n) is 5.53. The van der Waals surface area contributed by atoms with Gasteiger partial charge in [-0.05, 0) is 38.8 Å². The van der Waals surface area contributed by atoms with Crippen LogP contribution in [0.4, 0.5) is 0 Å². The zero-order valence-corrected chi connectivity index (χ0v) is 22.1. The third-order valence-corrected chi connectivity index (χ3v) is 5.53. The van der Waals surface area contributed by atoms with Gasteiger partial charge in [-0.3, -0.25) is 6.08 Å². The van der Waals surface area contributed by atoms with Crippen LogP contribution in [-0.2, 0) is 21.7 Å². The van der Waals surface area contributed by atoms with Crippen LogP contribution in [0, 0.1) is 39.7 Å². The minimum absolute atomic E-state index is 0. The topological polar surface area (TPSA) is 0 Å². The summed E-state index contributed by atoms with van der Waals surface area (Å²) in [5, 5.41) is 0. The molecule has 0 saturated heterocycles. The van der Waals surface area contributed by atoms with Gasteiger partial charge in [-0.15, -0.1) is 6.92 Å². The molecule has 0 radical (unpaired) electrons. The van der Waals surface area contributed by atoms with Gasteiger partial charge in [0.25, 0.3) is 0 Å². The van der Waals surface area contributed by atoms with Crippen LogP contribution in [0.2, 0.25) is 0 Å². The van der Waals surface area contributed by atoms with Crippen molar-refractivity contribution in [2.75, 3.05) is 0 Å². The maximum absolute atomic E-state index is 3.77. The van der Waals surface area contributed by atoms with E-state index in [-0.39, 0.29) is 58.9 Å². The van der Waals surface area contributed by atoms with E-state index in [1.165, 1.54) is 50.1 Å². The second-order valence-electron chi connectivity index (χ2n) is 7.87. The summed E-state index contributed by atoms with van der Waals surface area (Å²) in [4.78, 5) is 0. The Morgan fingerprint density at radius 2 is 0.966 bits per heavy atom. The molecule has 2 aromatic rings. The standard InChI is InChI=1S/C25H29.3ClH.Ti/c1-15-8-16(2)11-22(10-15)25(23-12-17(3)9-18(4)13-23)24-14-19(5)20(6)21(24)7;;;;/h8-13,24-25H,1-7H3;3*1H;/q-1;;;;+4/p-3. The Bertz CT molecular complexity index is 805. The number of halogens is 3. The largest absolute Gasteiger partial charge is 4.00 e. The number of aryl methyl sites for hydroxylation is 4. The molecule has 1 atom stereocenters. The summed E-state index contributed by atoms with van der Waals surface area (Å²) in [5.41, 5.74) is 12.3. The average Bonchev–Trinajstić information content (AvgIpc) is 2.73. The molecule has 4 heteroatoms. The number of hydrogen-bond donors (Lipinski definition) is 0. The quantitative estimate of drug-likeness (QED) is 0.343. The van der Waals surface area contributed by atoms with Gasteiger partial charge in [-0.1, -0.05) is 78.4 Å². The molecule has 0 heterocycles. The molecule has 154 valence electrons. The van der Waals surface area contributed by atoms with Crippen molar-refractivity contribution in [2.24, 2.45) is 5.92 Å². The fourth-order valence-electron chi connectivity index (χ4n) is 4.27. The van der Waals surface area contributed by atoms with Crippen molar-refractivity contribution < 1.29 is 58.9 Å². The first kappa shape index (κ1) is 30.7. The molecule has 1 aliphatic carbocycles. The van der Waals surface area contributed by atoms with E-state index in [0.29, 0.717) is 11.8 Å². The molecule has 29 heavy (non-hydrogen) atoms. The molecule has 0 fully saturated rings. The van der Waals surface area contributed by atoms with Crippen LogP contribution >= 0.6 is 0 Å². The molecule has 0 aromatic heterocycles. The number of hydrogen-bond acceptors (Lipinski definition) is 0. The van der Waals surface area contributed by atoms with Crippen LogP contribution in [0.15, 0.2) is 53.1 Å². The fraction of sp³-hybridized carbons (Fsp3) is 0.360. The molecule has 0 N–H and O–H groups in total. The van der Waals surface area contributed by atoms with E-state index < -0.39 is 0 Å². The summed E-state index contributed by atoms with van der Waals surface area (Å²) in [6, 6.07) is 13.9. The van der Waals surface area contributed by atoms with Crippen LogP contribution in [-0.4, -0.2) is 0 Å². The summed E-state index contributed by atoms with van der Waals surface area (Å²) in [6.07, 6.45) is 3.77. The SMILES string of the molecule is CC1=[C-]C(C(c2cc(C)cc(C)c2)c2cc(C)cc(C)c2)C(C)=C1C.[Cl-].[Cl-].[Cl-].[Ti+4]. The van der Waals surface area contributed by atoms with E-state index in [4.69, 9.17) is 0 Å². The van der Waals surface area contributed by atoms with E-state index in [0.717, 1.165) is 0 Å². The van der Waals surface area contributed by atoms with Crippen molar-refractivity contribution in [1.29, 1.82) is 0 Å². The fourth-order valence-corrected chi connectivity index (χ4v) is 4.27. The van der Waals surface area contributed by atoms with Gasteiger partial charge >= 0.3 is 21.7 Å². The summed E-state index contributed by atoms with van der Waals surface area (Å²) in [7, 11) is 0. The zero-order valence-electron chi connectivity index (χ0n) is 18.3. The minimum Gasteiger partial charge on any atom is -1.00 e. The molecule has 3 rings (SSSR count).